The van der Waals surface area contributed by atoms with Crippen LogP contribution in [0.4, 0.5) is 0 Å². The first-order valence-corrected chi connectivity index (χ1v) is 6.45. The minimum atomic E-state index is -1.10. The molecule has 0 saturated carbocycles. The molecule has 0 fully saturated rings. The first kappa shape index (κ1) is 15.9. The molecule has 0 radical (unpaired) electrons. The normalized spacial score (nSPS) is 10.7. The van der Waals surface area contributed by atoms with Gasteiger partial charge in [-0.3, -0.25) is 9.59 Å². The number of carboxylic acid groups (broad SMARTS) is 1. The maximum absolute atomic E-state index is 11.9. The molecule has 0 unspecified atom stereocenters. The van der Waals surface area contributed by atoms with Crippen molar-refractivity contribution in [2.75, 3.05) is 6.54 Å². The average molecular weight is 280 g/mol. The van der Waals surface area contributed by atoms with Gasteiger partial charge in [-0.25, -0.2) is 4.79 Å². The molecule has 0 aliphatic rings. The molecule has 0 spiro atoms. The molecule has 1 rings (SSSR count). The van der Waals surface area contributed by atoms with Gasteiger partial charge >= 0.3 is 5.97 Å². The molecule has 0 atom stereocenters. The Bertz CT molecular complexity index is 588. The molecule has 0 aliphatic heterocycles. The summed E-state index contributed by atoms with van der Waals surface area (Å²) in [6, 6.07) is 1.24. The van der Waals surface area contributed by atoms with E-state index in [0.717, 1.165) is 0 Å². The van der Waals surface area contributed by atoms with E-state index in [0.29, 0.717) is 23.7 Å². The number of aromatic nitrogens is 1. The van der Waals surface area contributed by atoms with E-state index in [-0.39, 0.29) is 23.6 Å². The lowest BCUT2D eigenvalue weighted by atomic mass is 10.1. The van der Waals surface area contributed by atoms with Gasteiger partial charge in [0.25, 0.3) is 5.56 Å². The van der Waals surface area contributed by atoms with E-state index in [9.17, 15) is 14.4 Å². The third-order valence-electron chi connectivity index (χ3n) is 2.99. The molecule has 0 saturated heterocycles. The standard InChI is InChI=1S/C14H20N2O4/c1-8(2)6-15-11(17)7-16-10(4)13(14(19)20)9(3)5-12(16)18/h5,8H,6-7H2,1-4H3,(H,15,17)(H,19,20). The number of amides is 1. The largest absolute Gasteiger partial charge is 0.478 e. The Morgan fingerprint density at radius 3 is 2.45 bits per heavy atom. The van der Waals surface area contributed by atoms with Crippen molar-refractivity contribution in [2.45, 2.75) is 34.2 Å². The highest BCUT2D eigenvalue weighted by molar-refractivity contribution is 5.90. The van der Waals surface area contributed by atoms with Crippen LogP contribution < -0.4 is 10.9 Å². The number of hydrogen-bond acceptors (Lipinski definition) is 3. The van der Waals surface area contributed by atoms with Crippen LogP contribution in [0.5, 0.6) is 0 Å². The molecule has 1 amide bonds. The highest BCUT2D eigenvalue weighted by Gasteiger charge is 2.17. The van der Waals surface area contributed by atoms with Gasteiger partial charge in [-0.1, -0.05) is 13.8 Å². The molecule has 2 N–H and O–H groups in total. The van der Waals surface area contributed by atoms with E-state index >= 15 is 0 Å². The second-order valence-corrected chi connectivity index (χ2v) is 5.22. The molecular formula is C14H20N2O4. The molecule has 1 aromatic heterocycles. The summed E-state index contributed by atoms with van der Waals surface area (Å²) in [5.74, 6) is -1.09. The molecule has 0 aromatic carbocycles. The Morgan fingerprint density at radius 2 is 1.95 bits per heavy atom. The SMILES string of the molecule is Cc1cc(=O)n(CC(=O)NCC(C)C)c(C)c1C(=O)O. The summed E-state index contributed by atoms with van der Waals surface area (Å²) >= 11 is 0. The zero-order chi connectivity index (χ0) is 15.4. The number of nitrogens with zero attached hydrogens (tertiary/aromatic N) is 1. The number of carbonyl (C=O) groups is 2. The Hall–Kier alpha value is -2.11. The fraction of sp³-hybridized carbons (Fsp3) is 0.500. The quantitative estimate of drug-likeness (QED) is 0.840. The van der Waals surface area contributed by atoms with Crippen LogP contribution in [0.25, 0.3) is 0 Å². The lowest BCUT2D eigenvalue weighted by Crippen LogP contribution is -2.35. The zero-order valence-corrected chi connectivity index (χ0v) is 12.2. The van der Waals surface area contributed by atoms with Gasteiger partial charge in [-0.05, 0) is 25.3 Å². The van der Waals surface area contributed by atoms with E-state index in [2.05, 4.69) is 5.32 Å². The average Bonchev–Trinajstić information content (AvgIpc) is 2.31. The number of rotatable bonds is 5. The van der Waals surface area contributed by atoms with E-state index in [1.165, 1.54) is 17.6 Å². The molecule has 6 nitrogen and oxygen atoms in total. The van der Waals surface area contributed by atoms with Crippen molar-refractivity contribution in [3.63, 3.8) is 0 Å². The summed E-state index contributed by atoms with van der Waals surface area (Å²) in [6.45, 7) is 7.38. The number of carbonyl (C=O) groups excluding carboxylic acids is 1. The fourth-order valence-corrected chi connectivity index (χ4v) is 1.96. The predicted molar refractivity (Wildman–Crippen MR) is 75.0 cm³/mol. The summed E-state index contributed by atoms with van der Waals surface area (Å²) in [6.07, 6.45) is 0. The third-order valence-corrected chi connectivity index (χ3v) is 2.99. The summed E-state index contributed by atoms with van der Waals surface area (Å²) in [5.41, 5.74) is 0.395. The number of nitrogens with one attached hydrogen (secondary N) is 1. The van der Waals surface area contributed by atoms with Crippen LogP contribution in [0, 0.1) is 19.8 Å². The maximum atomic E-state index is 11.9. The van der Waals surface area contributed by atoms with Gasteiger partial charge in [-0.15, -0.1) is 0 Å². The molecule has 1 heterocycles. The van der Waals surface area contributed by atoms with E-state index in [1.54, 1.807) is 6.92 Å². The van der Waals surface area contributed by atoms with Crippen molar-refractivity contribution in [3.8, 4) is 0 Å². The number of pyridine rings is 1. The molecular weight excluding hydrogens is 260 g/mol. The smallest absolute Gasteiger partial charge is 0.337 e. The lowest BCUT2D eigenvalue weighted by Gasteiger charge is -2.14. The number of carboxylic acids is 1. The summed E-state index contributed by atoms with van der Waals surface area (Å²) in [7, 11) is 0. The number of hydrogen-bond donors (Lipinski definition) is 2. The van der Waals surface area contributed by atoms with Crippen molar-refractivity contribution in [2.24, 2.45) is 5.92 Å². The van der Waals surface area contributed by atoms with Crippen molar-refractivity contribution < 1.29 is 14.7 Å². The van der Waals surface area contributed by atoms with Crippen molar-refractivity contribution in [1.82, 2.24) is 9.88 Å². The number of aromatic carboxylic acids is 1. The van der Waals surface area contributed by atoms with Gasteiger partial charge in [0.1, 0.15) is 6.54 Å². The first-order chi connectivity index (χ1) is 9.23. The molecule has 1 aromatic rings. The van der Waals surface area contributed by atoms with Crippen LogP contribution >= 0.6 is 0 Å². The summed E-state index contributed by atoms with van der Waals surface area (Å²) < 4.78 is 1.19. The lowest BCUT2D eigenvalue weighted by molar-refractivity contribution is -0.121. The van der Waals surface area contributed by atoms with Crippen LogP contribution in [0.3, 0.4) is 0 Å². The Labute approximate surface area is 117 Å². The van der Waals surface area contributed by atoms with E-state index in [4.69, 9.17) is 5.11 Å². The van der Waals surface area contributed by atoms with Crippen molar-refractivity contribution in [1.29, 1.82) is 0 Å². The van der Waals surface area contributed by atoms with Crippen LogP contribution in [0.1, 0.15) is 35.5 Å². The predicted octanol–water partition coefficient (Wildman–Crippen LogP) is 0.936. The molecule has 20 heavy (non-hydrogen) atoms. The van der Waals surface area contributed by atoms with Gasteiger partial charge in [0.05, 0.1) is 5.56 Å². The van der Waals surface area contributed by atoms with Gasteiger partial charge in [0.15, 0.2) is 0 Å². The van der Waals surface area contributed by atoms with Crippen LogP contribution in [-0.2, 0) is 11.3 Å². The van der Waals surface area contributed by atoms with Gasteiger partial charge in [0.2, 0.25) is 5.91 Å². The Kier molecular flexibility index (Phi) is 5.07. The Morgan fingerprint density at radius 1 is 1.35 bits per heavy atom. The second-order valence-electron chi connectivity index (χ2n) is 5.22. The third kappa shape index (κ3) is 3.69. The molecule has 0 aliphatic carbocycles. The van der Waals surface area contributed by atoms with Gasteiger partial charge in [-0.2, -0.15) is 0 Å². The van der Waals surface area contributed by atoms with Crippen LogP contribution in [0.2, 0.25) is 0 Å². The summed E-state index contributed by atoms with van der Waals surface area (Å²) in [5, 5.41) is 11.9. The van der Waals surface area contributed by atoms with E-state index < -0.39 is 5.97 Å². The topological polar surface area (TPSA) is 88.4 Å². The van der Waals surface area contributed by atoms with Crippen molar-refractivity contribution >= 4 is 11.9 Å². The summed E-state index contributed by atoms with van der Waals surface area (Å²) in [4.78, 5) is 34.9. The highest BCUT2D eigenvalue weighted by Crippen LogP contribution is 2.11. The highest BCUT2D eigenvalue weighted by atomic mass is 16.4. The van der Waals surface area contributed by atoms with Crippen LogP contribution in [-0.4, -0.2) is 28.1 Å². The Balaban J connectivity index is 3.07. The molecule has 0 bridgehead atoms. The van der Waals surface area contributed by atoms with E-state index in [1.807, 2.05) is 13.8 Å². The van der Waals surface area contributed by atoms with Gasteiger partial charge in [0, 0.05) is 18.3 Å². The number of aryl methyl sites for hydroxylation is 1. The maximum Gasteiger partial charge on any atom is 0.337 e. The monoisotopic (exact) mass is 280 g/mol. The minimum Gasteiger partial charge on any atom is -0.478 e. The minimum absolute atomic E-state index is 0.0706. The zero-order valence-electron chi connectivity index (χ0n) is 12.2. The fourth-order valence-electron chi connectivity index (χ4n) is 1.96. The van der Waals surface area contributed by atoms with Crippen molar-refractivity contribution in [3.05, 3.63) is 33.2 Å². The molecule has 110 valence electrons. The first-order valence-electron chi connectivity index (χ1n) is 6.45. The van der Waals surface area contributed by atoms with Gasteiger partial charge < -0.3 is 15.0 Å². The molecule has 6 heteroatoms. The second kappa shape index (κ2) is 6.36. The van der Waals surface area contributed by atoms with Crippen LogP contribution in [0.15, 0.2) is 10.9 Å².